The maximum atomic E-state index is 13.9. The Morgan fingerprint density at radius 1 is 1.25 bits per heavy atom. The summed E-state index contributed by atoms with van der Waals surface area (Å²) < 4.78 is 32.5. The molecule has 2 rings (SSSR count). The summed E-state index contributed by atoms with van der Waals surface area (Å²) in [4.78, 5) is 3.99. The van der Waals surface area contributed by atoms with Crippen LogP contribution in [-0.4, -0.2) is 17.2 Å². The third-order valence-corrected chi connectivity index (χ3v) is 3.09. The van der Waals surface area contributed by atoms with Crippen LogP contribution in [-0.2, 0) is 6.42 Å². The van der Waals surface area contributed by atoms with E-state index < -0.39 is 17.7 Å². The van der Waals surface area contributed by atoms with Gasteiger partial charge in [-0.2, -0.15) is 0 Å². The second-order valence-corrected chi connectivity index (χ2v) is 4.52. The normalized spacial score (nSPS) is 12.2. The van der Waals surface area contributed by atoms with Crippen LogP contribution in [0.4, 0.5) is 8.78 Å². The number of nitrogens with zero attached hydrogens (tertiary/aromatic N) is 1. The number of aryl methyl sites for hydroxylation is 1. The number of aromatic nitrogens is 1. The van der Waals surface area contributed by atoms with Crippen molar-refractivity contribution in [2.75, 3.05) is 7.11 Å². The highest BCUT2D eigenvalue weighted by atomic mass is 19.1. The number of pyridine rings is 1. The van der Waals surface area contributed by atoms with E-state index in [0.717, 1.165) is 6.07 Å². The maximum absolute atomic E-state index is 13.9. The fourth-order valence-electron chi connectivity index (χ4n) is 1.96. The van der Waals surface area contributed by atoms with Gasteiger partial charge in [0.2, 0.25) is 5.88 Å². The Morgan fingerprint density at radius 2 is 2.00 bits per heavy atom. The molecule has 1 heterocycles. The summed E-state index contributed by atoms with van der Waals surface area (Å²) in [6.07, 6.45) is 0.326. The van der Waals surface area contributed by atoms with Crippen LogP contribution in [0, 0.1) is 18.6 Å². The summed E-state index contributed by atoms with van der Waals surface area (Å²) in [5.41, 5.74) is 0.660. The SMILES string of the molecule is COc1ccc(CC(O)c2c(F)ccc(C)c2F)cn1. The molecule has 2 aromatic rings. The molecule has 0 aliphatic carbocycles. The number of ether oxygens (including phenoxy) is 1. The molecular formula is C15H15F2NO2. The van der Waals surface area contributed by atoms with Crippen molar-refractivity contribution in [1.29, 1.82) is 0 Å². The highest BCUT2D eigenvalue weighted by Gasteiger charge is 2.20. The summed E-state index contributed by atoms with van der Waals surface area (Å²) in [6, 6.07) is 5.82. The lowest BCUT2D eigenvalue weighted by atomic mass is 9.99. The van der Waals surface area contributed by atoms with E-state index in [2.05, 4.69) is 4.98 Å². The molecule has 0 fully saturated rings. The number of benzene rings is 1. The van der Waals surface area contributed by atoms with Crippen LogP contribution in [0.1, 0.15) is 22.8 Å². The molecule has 1 N–H and O–H groups in total. The highest BCUT2D eigenvalue weighted by Crippen LogP contribution is 2.26. The minimum atomic E-state index is -1.26. The van der Waals surface area contributed by atoms with E-state index in [0.29, 0.717) is 17.0 Å². The zero-order valence-electron chi connectivity index (χ0n) is 11.2. The number of hydrogen-bond acceptors (Lipinski definition) is 3. The molecule has 0 spiro atoms. The topological polar surface area (TPSA) is 42.4 Å². The summed E-state index contributed by atoms with van der Waals surface area (Å²) in [5, 5.41) is 10.0. The Hall–Kier alpha value is -2.01. The van der Waals surface area contributed by atoms with E-state index in [-0.39, 0.29) is 12.0 Å². The van der Waals surface area contributed by atoms with E-state index in [9.17, 15) is 13.9 Å². The molecule has 106 valence electrons. The van der Waals surface area contributed by atoms with Gasteiger partial charge in [0.15, 0.2) is 0 Å². The van der Waals surface area contributed by atoms with Crippen LogP contribution >= 0.6 is 0 Å². The summed E-state index contributed by atoms with van der Waals surface area (Å²) in [5.74, 6) is -1.02. The molecule has 20 heavy (non-hydrogen) atoms. The van der Waals surface area contributed by atoms with Gasteiger partial charge in [0.1, 0.15) is 11.6 Å². The van der Waals surface area contributed by atoms with E-state index in [1.807, 2.05) is 0 Å². The van der Waals surface area contributed by atoms with Gasteiger partial charge >= 0.3 is 0 Å². The molecular weight excluding hydrogens is 264 g/mol. The van der Waals surface area contributed by atoms with Crippen molar-refractivity contribution in [3.05, 3.63) is 58.8 Å². The quantitative estimate of drug-likeness (QED) is 0.935. The molecule has 0 aliphatic rings. The van der Waals surface area contributed by atoms with Gasteiger partial charge in [-0.1, -0.05) is 12.1 Å². The standard InChI is InChI=1S/C15H15F2NO2/c1-9-3-5-11(16)14(15(9)17)12(19)7-10-4-6-13(20-2)18-8-10/h3-6,8,12,19H,7H2,1-2H3. The monoisotopic (exact) mass is 279 g/mol. The van der Waals surface area contributed by atoms with E-state index >= 15 is 0 Å². The van der Waals surface area contributed by atoms with E-state index in [4.69, 9.17) is 4.74 Å². The molecule has 1 aromatic carbocycles. The molecule has 3 nitrogen and oxygen atoms in total. The van der Waals surface area contributed by atoms with Crippen molar-refractivity contribution in [3.63, 3.8) is 0 Å². The Labute approximate surface area is 115 Å². The number of halogens is 2. The fourth-order valence-corrected chi connectivity index (χ4v) is 1.96. The van der Waals surface area contributed by atoms with Crippen molar-refractivity contribution >= 4 is 0 Å². The first-order chi connectivity index (χ1) is 9.52. The zero-order chi connectivity index (χ0) is 14.7. The lowest BCUT2D eigenvalue weighted by Crippen LogP contribution is -2.08. The minimum absolute atomic E-state index is 0.0777. The molecule has 0 aliphatic heterocycles. The van der Waals surface area contributed by atoms with Gasteiger partial charge in [-0.05, 0) is 24.1 Å². The number of hydrogen-bond donors (Lipinski definition) is 1. The molecule has 1 unspecified atom stereocenters. The fraction of sp³-hybridized carbons (Fsp3) is 0.267. The second-order valence-electron chi connectivity index (χ2n) is 4.52. The van der Waals surface area contributed by atoms with E-state index in [1.54, 1.807) is 12.1 Å². The average molecular weight is 279 g/mol. The molecule has 0 amide bonds. The predicted molar refractivity (Wildman–Crippen MR) is 70.5 cm³/mol. The second kappa shape index (κ2) is 5.96. The molecule has 0 radical (unpaired) electrons. The molecule has 0 saturated heterocycles. The number of aliphatic hydroxyl groups excluding tert-OH is 1. The average Bonchev–Trinajstić information content (AvgIpc) is 2.44. The van der Waals surface area contributed by atoms with Gasteiger partial charge in [0.05, 0.1) is 18.8 Å². The Kier molecular flexibility index (Phi) is 4.29. The minimum Gasteiger partial charge on any atom is -0.481 e. The molecule has 1 atom stereocenters. The van der Waals surface area contributed by atoms with Gasteiger partial charge in [-0.25, -0.2) is 13.8 Å². The lowest BCUT2D eigenvalue weighted by Gasteiger charge is -2.14. The first-order valence-corrected chi connectivity index (χ1v) is 6.14. The van der Waals surface area contributed by atoms with Gasteiger partial charge in [-0.3, -0.25) is 0 Å². The van der Waals surface area contributed by atoms with Crippen molar-refractivity contribution in [1.82, 2.24) is 4.98 Å². The smallest absolute Gasteiger partial charge is 0.212 e. The Morgan fingerprint density at radius 3 is 2.60 bits per heavy atom. The number of aliphatic hydroxyl groups is 1. The summed E-state index contributed by atoms with van der Waals surface area (Å²) in [7, 11) is 1.49. The van der Waals surface area contributed by atoms with Gasteiger partial charge in [0, 0.05) is 18.7 Å². The summed E-state index contributed by atoms with van der Waals surface area (Å²) in [6.45, 7) is 1.53. The largest absolute Gasteiger partial charge is 0.481 e. The van der Waals surface area contributed by atoms with Gasteiger partial charge in [-0.15, -0.1) is 0 Å². The van der Waals surface area contributed by atoms with Crippen LogP contribution in [0.3, 0.4) is 0 Å². The Balaban J connectivity index is 2.23. The molecule has 5 heteroatoms. The molecule has 0 bridgehead atoms. The van der Waals surface area contributed by atoms with Crippen molar-refractivity contribution in [2.24, 2.45) is 0 Å². The van der Waals surface area contributed by atoms with Crippen LogP contribution in [0.5, 0.6) is 5.88 Å². The zero-order valence-corrected chi connectivity index (χ0v) is 11.2. The first kappa shape index (κ1) is 14.4. The third-order valence-electron chi connectivity index (χ3n) is 3.09. The highest BCUT2D eigenvalue weighted by molar-refractivity contribution is 5.30. The molecule has 0 saturated carbocycles. The van der Waals surface area contributed by atoms with Crippen LogP contribution in [0.15, 0.2) is 30.5 Å². The van der Waals surface area contributed by atoms with E-state index in [1.165, 1.54) is 26.3 Å². The predicted octanol–water partition coefficient (Wildman–Crippen LogP) is 2.95. The van der Waals surface area contributed by atoms with Crippen LogP contribution in [0.25, 0.3) is 0 Å². The van der Waals surface area contributed by atoms with Crippen LogP contribution in [0.2, 0.25) is 0 Å². The first-order valence-electron chi connectivity index (χ1n) is 6.14. The summed E-state index contributed by atoms with van der Waals surface area (Å²) >= 11 is 0. The Bertz CT molecular complexity index is 600. The van der Waals surface area contributed by atoms with Crippen molar-refractivity contribution in [3.8, 4) is 5.88 Å². The van der Waals surface area contributed by atoms with Crippen LogP contribution < -0.4 is 4.74 Å². The maximum Gasteiger partial charge on any atom is 0.212 e. The molecule has 1 aromatic heterocycles. The number of rotatable bonds is 4. The van der Waals surface area contributed by atoms with Gasteiger partial charge in [0.25, 0.3) is 0 Å². The van der Waals surface area contributed by atoms with Gasteiger partial charge < -0.3 is 9.84 Å². The third kappa shape index (κ3) is 2.93. The van der Waals surface area contributed by atoms with Crippen molar-refractivity contribution < 1.29 is 18.6 Å². The number of methoxy groups -OCH3 is 1. The lowest BCUT2D eigenvalue weighted by molar-refractivity contribution is 0.168. The van der Waals surface area contributed by atoms with Crippen molar-refractivity contribution in [2.45, 2.75) is 19.4 Å².